The van der Waals surface area contributed by atoms with E-state index in [-0.39, 0.29) is 30.4 Å². The summed E-state index contributed by atoms with van der Waals surface area (Å²) in [6, 6.07) is 6.60. The summed E-state index contributed by atoms with van der Waals surface area (Å²) >= 11 is 1.39. The van der Waals surface area contributed by atoms with E-state index in [9.17, 15) is 18.0 Å². The van der Waals surface area contributed by atoms with Crippen molar-refractivity contribution in [1.29, 1.82) is 0 Å². The first-order valence-electron chi connectivity index (χ1n) is 10.9. The molecule has 9 heteroatoms. The Bertz CT molecular complexity index is 1120. The summed E-state index contributed by atoms with van der Waals surface area (Å²) in [4.78, 5) is 14.6. The van der Waals surface area contributed by atoms with Crippen molar-refractivity contribution in [2.75, 3.05) is 6.54 Å². The number of benzene rings is 1. The Hall–Kier alpha value is -2.65. The van der Waals surface area contributed by atoms with Crippen molar-refractivity contribution >= 4 is 17.2 Å². The molecule has 1 aromatic carbocycles. The summed E-state index contributed by atoms with van der Waals surface area (Å²) in [5.41, 5.74) is 8.25. The monoisotopic (exact) mass is 478 g/mol. The van der Waals surface area contributed by atoms with Gasteiger partial charge in [0.2, 0.25) is 0 Å². The van der Waals surface area contributed by atoms with E-state index < -0.39 is 17.8 Å². The fourth-order valence-electron chi connectivity index (χ4n) is 3.90. The number of carbonyl (C=O) groups is 1. The number of aromatic nitrogens is 2. The number of nitrogens with one attached hydrogen (secondary N) is 1. The number of nitrogens with two attached hydrogens (primary N) is 1. The van der Waals surface area contributed by atoms with E-state index in [1.165, 1.54) is 23.5 Å². The molecule has 2 heterocycles. The van der Waals surface area contributed by atoms with E-state index in [2.05, 4.69) is 24.3 Å². The molecule has 0 saturated carbocycles. The summed E-state index contributed by atoms with van der Waals surface area (Å²) in [5, 5.41) is 7.22. The summed E-state index contributed by atoms with van der Waals surface area (Å²) in [6.45, 7) is 6.24. The lowest BCUT2D eigenvalue weighted by molar-refractivity contribution is -0.138. The Morgan fingerprint density at radius 2 is 1.97 bits per heavy atom. The van der Waals surface area contributed by atoms with Crippen LogP contribution >= 0.6 is 11.3 Å². The molecular formula is C24H29F3N4OS. The minimum atomic E-state index is -4.46. The Balaban J connectivity index is 1.86. The van der Waals surface area contributed by atoms with Crippen LogP contribution < -0.4 is 11.1 Å². The molecule has 0 aliphatic carbocycles. The summed E-state index contributed by atoms with van der Waals surface area (Å²) < 4.78 is 41.9. The van der Waals surface area contributed by atoms with E-state index in [0.29, 0.717) is 4.88 Å². The van der Waals surface area contributed by atoms with Crippen LogP contribution in [-0.2, 0) is 26.1 Å². The molecule has 3 rings (SSSR count). The number of halogens is 3. The second kappa shape index (κ2) is 10.1. The third-order valence-electron chi connectivity index (χ3n) is 5.61. The Labute approximate surface area is 195 Å². The molecule has 2 aromatic heterocycles. The van der Waals surface area contributed by atoms with E-state index >= 15 is 0 Å². The highest BCUT2D eigenvalue weighted by atomic mass is 32.1. The molecule has 0 fully saturated rings. The molecule has 0 bridgehead atoms. The molecule has 0 spiro atoms. The van der Waals surface area contributed by atoms with Crippen LogP contribution in [0, 0.1) is 0 Å². The average Bonchev–Trinajstić information content (AvgIpc) is 3.35. The number of nitrogens with zero attached hydrogens (tertiary/aromatic N) is 2. The Morgan fingerprint density at radius 3 is 2.58 bits per heavy atom. The summed E-state index contributed by atoms with van der Waals surface area (Å²) in [7, 11) is 1.88. The molecule has 0 aliphatic rings. The van der Waals surface area contributed by atoms with Crippen LogP contribution in [0.5, 0.6) is 0 Å². The van der Waals surface area contributed by atoms with Gasteiger partial charge in [-0.25, -0.2) is 0 Å². The van der Waals surface area contributed by atoms with Gasteiger partial charge in [-0.15, -0.1) is 11.3 Å². The van der Waals surface area contributed by atoms with Gasteiger partial charge in [-0.1, -0.05) is 39.0 Å². The lowest BCUT2D eigenvalue weighted by atomic mass is 9.99. The highest BCUT2D eigenvalue weighted by Crippen LogP contribution is 2.36. The summed E-state index contributed by atoms with van der Waals surface area (Å²) in [6.07, 6.45) is -1.87. The third kappa shape index (κ3) is 5.47. The van der Waals surface area contributed by atoms with Gasteiger partial charge in [0.25, 0.3) is 5.91 Å². The maximum Gasteiger partial charge on any atom is 0.416 e. The lowest BCUT2D eigenvalue weighted by Gasteiger charge is -2.19. The zero-order valence-electron chi connectivity index (χ0n) is 19.2. The first-order valence-corrected chi connectivity index (χ1v) is 11.7. The van der Waals surface area contributed by atoms with Crippen molar-refractivity contribution in [3.8, 4) is 11.3 Å². The van der Waals surface area contributed by atoms with E-state index in [4.69, 9.17) is 5.73 Å². The fourth-order valence-corrected chi connectivity index (χ4v) is 4.90. The van der Waals surface area contributed by atoms with Crippen LogP contribution in [0.2, 0.25) is 0 Å². The molecule has 0 aliphatic heterocycles. The molecule has 3 N–H and O–H groups in total. The van der Waals surface area contributed by atoms with Gasteiger partial charge in [0, 0.05) is 35.6 Å². The van der Waals surface area contributed by atoms with Crippen LogP contribution in [0.3, 0.4) is 0 Å². The minimum absolute atomic E-state index is 0.00395. The van der Waals surface area contributed by atoms with Gasteiger partial charge in [-0.2, -0.15) is 18.3 Å². The summed E-state index contributed by atoms with van der Waals surface area (Å²) in [5.74, 6) is -0.0694. The largest absolute Gasteiger partial charge is 0.416 e. The van der Waals surface area contributed by atoms with Crippen molar-refractivity contribution < 1.29 is 18.0 Å². The third-order valence-corrected chi connectivity index (χ3v) is 6.89. The average molecular weight is 479 g/mol. The topological polar surface area (TPSA) is 72.9 Å². The van der Waals surface area contributed by atoms with Crippen LogP contribution in [0.1, 0.15) is 57.9 Å². The van der Waals surface area contributed by atoms with Crippen molar-refractivity contribution in [2.45, 2.75) is 51.7 Å². The van der Waals surface area contributed by atoms with Crippen molar-refractivity contribution in [2.24, 2.45) is 12.8 Å². The molecule has 0 saturated heterocycles. The second-order valence-electron chi connectivity index (χ2n) is 8.29. The highest BCUT2D eigenvalue weighted by molar-refractivity contribution is 7.14. The number of hydrogen-bond acceptors (Lipinski definition) is 4. The van der Waals surface area contributed by atoms with Gasteiger partial charge in [0.05, 0.1) is 22.3 Å². The van der Waals surface area contributed by atoms with Gasteiger partial charge in [-0.3, -0.25) is 9.48 Å². The Morgan fingerprint density at radius 1 is 1.27 bits per heavy atom. The number of thiophene rings is 1. The fraction of sp³-hybridized carbons (Fsp3) is 0.417. The molecular weight excluding hydrogens is 449 g/mol. The molecule has 33 heavy (non-hydrogen) atoms. The zero-order valence-corrected chi connectivity index (χ0v) is 20.0. The number of rotatable bonds is 8. The maximum absolute atomic E-state index is 13.3. The number of alkyl halides is 3. The predicted molar refractivity (Wildman–Crippen MR) is 125 cm³/mol. The minimum Gasteiger partial charge on any atom is -0.347 e. The zero-order chi connectivity index (χ0) is 24.3. The van der Waals surface area contributed by atoms with Gasteiger partial charge in [0.15, 0.2) is 0 Å². The first kappa shape index (κ1) is 25.0. The number of amides is 1. The molecule has 0 unspecified atom stereocenters. The predicted octanol–water partition coefficient (Wildman–Crippen LogP) is 5.15. The van der Waals surface area contributed by atoms with E-state index in [1.807, 2.05) is 30.9 Å². The smallest absolute Gasteiger partial charge is 0.347 e. The Kier molecular flexibility index (Phi) is 7.64. The van der Waals surface area contributed by atoms with Gasteiger partial charge in [-0.05, 0) is 36.5 Å². The normalized spacial score (nSPS) is 12.9. The first-order chi connectivity index (χ1) is 15.6. The number of aryl methyl sites for hydroxylation is 2. The van der Waals surface area contributed by atoms with Crippen LogP contribution in [0.25, 0.3) is 11.3 Å². The van der Waals surface area contributed by atoms with E-state index in [1.54, 1.807) is 6.07 Å². The van der Waals surface area contributed by atoms with Gasteiger partial charge >= 0.3 is 6.18 Å². The lowest BCUT2D eigenvalue weighted by Crippen LogP contribution is -2.41. The van der Waals surface area contributed by atoms with Crippen molar-refractivity contribution in [1.82, 2.24) is 15.1 Å². The second-order valence-corrected chi connectivity index (χ2v) is 9.43. The van der Waals surface area contributed by atoms with Crippen molar-refractivity contribution in [3.63, 3.8) is 0 Å². The number of carbonyl (C=O) groups excluding carboxylic acids is 1. The molecule has 3 aromatic rings. The SMILES string of the molecule is CCc1sc(C(=O)N[C@H](CN)Cc2ccccc2C(F)(F)F)cc1-c1c(C(C)C)cnn1C. The van der Waals surface area contributed by atoms with Gasteiger partial charge < -0.3 is 11.1 Å². The van der Waals surface area contributed by atoms with Crippen LogP contribution in [0.15, 0.2) is 36.5 Å². The molecule has 178 valence electrons. The molecule has 1 amide bonds. The highest BCUT2D eigenvalue weighted by Gasteiger charge is 2.33. The number of hydrogen-bond donors (Lipinski definition) is 2. The van der Waals surface area contributed by atoms with Crippen LogP contribution in [0.4, 0.5) is 13.2 Å². The molecule has 5 nitrogen and oxygen atoms in total. The molecule has 1 atom stereocenters. The van der Waals surface area contributed by atoms with Gasteiger partial charge in [0.1, 0.15) is 0 Å². The molecule has 0 radical (unpaired) electrons. The van der Waals surface area contributed by atoms with Crippen molar-refractivity contribution in [3.05, 3.63) is 63.0 Å². The quantitative estimate of drug-likeness (QED) is 0.470. The van der Waals surface area contributed by atoms with Crippen LogP contribution in [-0.4, -0.2) is 28.3 Å². The maximum atomic E-state index is 13.3. The van der Waals surface area contributed by atoms with E-state index in [0.717, 1.165) is 34.2 Å². The standard InChI is InChI=1S/C24H29F3N4OS/c1-5-20-17(22-18(14(2)3)13-29-31(22)4)11-21(33-20)23(32)30-16(12-28)10-15-8-6-7-9-19(15)24(25,26)27/h6-9,11,13-14,16H,5,10,12,28H2,1-4H3,(H,30,32)/t16-/m0/s1.